The molecular formula is C9H13F3N4O2. The third kappa shape index (κ3) is 3.11. The maximum absolute atomic E-state index is 12.4. The fourth-order valence-corrected chi connectivity index (χ4v) is 1.29. The summed E-state index contributed by atoms with van der Waals surface area (Å²) in [5, 5.41) is 5.56. The predicted octanol–water partition coefficient (Wildman–Crippen LogP) is 0.127. The van der Waals surface area contributed by atoms with Crippen LogP contribution in [0.4, 0.5) is 13.2 Å². The van der Waals surface area contributed by atoms with Crippen molar-refractivity contribution >= 4 is 5.91 Å². The Hall–Kier alpha value is -1.80. The number of hydrogen-bond donors (Lipinski definition) is 1. The van der Waals surface area contributed by atoms with Gasteiger partial charge in [-0.15, -0.1) is 5.10 Å². The molecule has 0 aliphatic carbocycles. The Morgan fingerprint density at radius 1 is 1.44 bits per heavy atom. The molecule has 0 saturated heterocycles. The molecule has 0 spiro atoms. The second-order valence-electron chi connectivity index (χ2n) is 3.67. The zero-order chi connectivity index (χ0) is 13.9. The van der Waals surface area contributed by atoms with Gasteiger partial charge in [-0.05, 0) is 6.42 Å². The van der Waals surface area contributed by atoms with E-state index in [1.807, 2.05) is 6.92 Å². The van der Waals surface area contributed by atoms with E-state index in [-0.39, 0.29) is 0 Å². The minimum atomic E-state index is -4.72. The summed E-state index contributed by atoms with van der Waals surface area (Å²) >= 11 is 0. The second kappa shape index (κ2) is 5.23. The average molecular weight is 266 g/mol. The standard InChI is InChI=1S/C9H13F3N4O2/c1-3-4-13-6(17)5-16-8(18)15(2)7(14-16)9(10,11)12/h3-5H2,1-2H3,(H,13,17). The molecule has 0 atom stereocenters. The van der Waals surface area contributed by atoms with E-state index < -0.39 is 30.1 Å². The number of nitrogens with one attached hydrogen (secondary N) is 1. The summed E-state index contributed by atoms with van der Waals surface area (Å²) < 4.78 is 38.2. The largest absolute Gasteiger partial charge is 0.451 e. The average Bonchev–Trinajstić information content (AvgIpc) is 2.54. The molecule has 6 nitrogen and oxygen atoms in total. The molecular weight excluding hydrogens is 253 g/mol. The van der Waals surface area contributed by atoms with E-state index in [9.17, 15) is 22.8 Å². The Morgan fingerprint density at radius 2 is 2.06 bits per heavy atom. The molecule has 1 heterocycles. The molecule has 0 bridgehead atoms. The van der Waals surface area contributed by atoms with Gasteiger partial charge in [0.1, 0.15) is 6.54 Å². The van der Waals surface area contributed by atoms with Crippen molar-refractivity contribution in [2.24, 2.45) is 7.05 Å². The third-order valence-electron chi connectivity index (χ3n) is 2.16. The van der Waals surface area contributed by atoms with Crippen molar-refractivity contribution in [3.8, 4) is 0 Å². The maximum atomic E-state index is 12.4. The van der Waals surface area contributed by atoms with Crippen molar-refractivity contribution in [1.82, 2.24) is 19.7 Å². The summed E-state index contributed by atoms with van der Waals surface area (Å²) in [6.07, 6.45) is -4.03. The van der Waals surface area contributed by atoms with Gasteiger partial charge in [0.2, 0.25) is 11.7 Å². The van der Waals surface area contributed by atoms with E-state index in [2.05, 4.69) is 10.4 Å². The smallest absolute Gasteiger partial charge is 0.355 e. The van der Waals surface area contributed by atoms with Crippen molar-refractivity contribution in [2.45, 2.75) is 26.1 Å². The monoisotopic (exact) mass is 266 g/mol. The van der Waals surface area contributed by atoms with Crippen LogP contribution in [0, 0.1) is 0 Å². The first kappa shape index (κ1) is 14.3. The summed E-state index contributed by atoms with van der Waals surface area (Å²) in [7, 11) is 0.957. The predicted molar refractivity (Wildman–Crippen MR) is 55.8 cm³/mol. The van der Waals surface area contributed by atoms with Gasteiger partial charge in [0.15, 0.2) is 0 Å². The quantitative estimate of drug-likeness (QED) is 0.842. The molecule has 0 aliphatic rings. The van der Waals surface area contributed by atoms with Gasteiger partial charge in [-0.1, -0.05) is 6.92 Å². The Balaban J connectivity index is 2.92. The van der Waals surface area contributed by atoms with E-state index in [1.54, 1.807) is 0 Å². The Kier molecular flexibility index (Phi) is 4.15. The van der Waals surface area contributed by atoms with Crippen LogP contribution < -0.4 is 11.0 Å². The number of aromatic nitrogens is 3. The first-order chi connectivity index (χ1) is 8.27. The van der Waals surface area contributed by atoms with Crippen LogP contribution in [0.15, 0.2) is 4.79 Å². The second-order valence-corrected chi connectivity index (χ2v) is 3.67. The Bertz CT molecular complexity index is 489. The minimum absolute atomic E-state index is 0.368. The van der Waals surface area contributed by atoms with Gasteiger partial charge in [-0.3, -0.25) is 9.36 Å². The Morgan fingerprint density at radius 3 is 2.50 bits per heavy atom. The highest BCUT2D eigenvalue weighted by molar-refractivity contribution is 5.75. The normalized spacial score (nSPS) is 11.6. The van der Waals surface area contributed by atoms with Gasteiger partial charge in [-0.2, -0.15) is 13.2 Å². The summed E-state index contributed by atoms with van der Waals surface area (Å²) in [6, 6.07) is 0. The van der Waals surface area contributed by atoms with Crippen LogP contribution in [0.5, 0.6) is 0 Å². The summed E-state index contributed by atoms with van der Waals surface area (Å²) in [5.41, 5.74) is -0.978. The molecule has 0 unspecified atom stereocenters. The fourth-order valence-electron chi connectivity index (χ4n) is 1.29. The van der Waals surface area contributed by atoms with E-state index in [1.165, 1.54) is 0 Å². The molecule has 0 aromatic carbocycles. The number of hydrogen-bond acceptors (Lipinski definition) is 3. The number of carbonyl (C=O) groups is 1. The molecule has 1 rings (SSSR count). The number of amides is 1. The fraction of sp³-hybridized carbons (Fsp3) is 0.667. The molecule has 102 valence electrons. The lowest BCUT2D eigenvalue weighted by atomic mass is 10.4. The molecule has 0 fully saturated rings. The number of carbonyl (C=O) groups excluding carboxylic acids is 1. The van der Waals surface area contributed by atoms with Crippen molar-refractivity contribution in [3.63, 3.8) is 0 Å². The van der Waals surface area contributed by atoms with Crippen LogP contribution in [0.1, 0.15) is 19.2 Å². The molecule has 18 heavy (non-hydrogen) atoms. The summed E-state index contributed by atoms with van der Waals surface area (Å²) in [6.45, 7) is 1.70. The van der Waals surface area contributed by atoms with Crippen LogP contribution in [0.25, 0.3) is 0 Å². The molecule has 0 radical (unpaired) electrons. The highest BCUT2D eigenvalue weighted by Gasteiger charge is 2.38. The topological polar surface area (TPSA) is 68.9 Å². The highest BCUT2D eigenvalue weighted by Crippen LogP contribution is 2.25. The van der Waals surface area contributed by atoms with Crippen molar-refractivity contribution in [1.29, 1.82) is 0 Å². The van der Waals surface area contributed by atoms with Gasteiger partial charge in [0.05, 0.1) is 0 Å². The molecule has 1 amide bonds. The number of rotatable bonds is 4. The van der Waals surface area contributed by atoms with Gasteiger partial charge >= 0.3 is 11.9 Å². The zero-order valence-corrected chi connectivity index (χ0v) is 9.91. The van der Waals surface area contributed by atoms with E-state index in [0.717, 1.165) is 7.05 Å². The first-order valence-electron chi connectivity index (χ1n) is 5.25. The molecule has 9 heteroatoms. The lowest BCUT2D eigenvalue weighted by Crippen LogP contribution is -2.33. The molecule has 0 aliphatic heterocycles. The molecule has 1 N–H and O–H groups in total. The third-order valence-corrected chi connectivity index (χ3v) is 2.16. The van der Waals surface area contributed by atoms with Gasteiger partial charge < -0.3 is 5.32 Å². The van der Waals surface area contributed by atoms with E-state index >= 15 is 0 Å². The van der Waals surface area contributed by atoms with Crippen LogP contribution in [-0.4, -0.2) is 26.8 Å². The van der Waals surface area contributed by atoms with Crippen LogP contribution >= 0.6 is 0 Å². The first-order valence-corrected chi connectivity index (χ1v) is 5.25. The summed E-state index contributed by atoms with van der Waals surface area (Å²) in [5.74, 6) is -1.87. The molecule has 0 saturated carbocycles. The number of alkyl halides is 3. The van der Waals surface area contributed by atoms with Gasteiger partial charge in [0.25, 0.3) is 0 Å². The maximum Gasteiger partial charge on any atom is 0.451 e. The highest BCUT2D eigenvalue weighted by atomic mass is 19.4. The van der Waals surface area contributed by atoms with Gasteiger partial charge in [0, 0.05) is 13.6 Å². The molecule has 1 aromatic rings. The Labute approximate surface area is 100 Å². The van der Waals surface area contributed by atoms with Crippen molar-refractivity contribution < 1.29 is 18.0 Å². The lowest BCUT2D eigenvalue weighted by molar-refractivity contribution is -0.147. The van der Waals surface area contributed by atoms with Crippen molar-refractivity contribution in [3.05, 3.63) is 16.3 Å². The number of halogens is 3. The zero-order valence-electron chi connectivity index (χ0n) is 9.91. The number of nitrogens with zero attached hydrogens (tertiary/aromatic N) is 3. The van der Waals surface area contributed by atoms with E-state index in [0.29, 0.717) is 22.2 Å². The van der Waals surface area contributed by atoms with Gasteiger partial charge in [-0.25, -0.2) is 9.48 Å². The van der Waals surface area contributed by atoms with Crippen LogP contribution in [-0.2, 0) is 24.6 Å². The molecule has 1 aromatic heterocycles. The van der Waals surface area contributed by atoms with Crippen molar-refractivity contribution in [2.75, 3.05) is 6.54 Å². The van der Waals surface area contributed by atoms with Crippen LogP contribution in [0.3, 0.4) is 0 Å². The summed E-state index contributed by atoms with van der Waals surface area (Å²) in [4.78, 5) is 22.7. The minimum Gasteiger partial charge on any atom is -0.355 e. The van der Waals surface area contributed by atoms with E-state index in [4.69, 9.17) is 0 Å². The lowest BCUT2D eigenvalue weighted by Gasteiger charge is -2.03. The SMILES string of the molecule is CCCNC(=O)Cn1nc(C(F)(F)F)n(C)c1=O. The van der Waals surface area contributed by atoms with Crippen LogP contribution in [0.2, 0.25) is 0 Å².